The van der Waals surface area contributed by atoms with Crippen LogP contribution in [-0.2, 0) is 16.4 Å². The van der Waals surface area contributed by atoms with Gasteiger partial charge in [-0.25, -0.2) is 8.42 Å². The van der Waals surface area contributed by atoms with E-state index >= 15 is 0 Å². The minimum atomic E-state index is -3.27. The zero-order valence-electron chi connectivity index (χ0n) is 15.9. The fraction of sp³-hybridized carbons (Fsp3) is 0.273. The summed E-state index contributed by atoms with van der Waals surface area (Å²) in [7, 11) is -1.61. The van der Waals surface area contributed by atoms with Crippen LogP contribution in [0, 0.1) is 0 Å². The quantitative estimate of drug-likeness (QED) is 0.689. The van der Waals surface area contributed by atoms with E-state index in [0.717, 1.165) is 27.8 Å². The molecule has 1 aromatic heterocycles. The van der Waals surface area contributed by atoms with Crippen molar-refractivity contribution in [3.05, 3.63) is 71.9 Å². The van der Waals surface area contributed by atoms with Crippen molar-refractivity contribution < 1.29 is 13.2 Å². The monoisotopic (exact) mass is 396 g/mol. The van der Waals surface area contributed by atoms with Crippen LogP contribution in [0.5, 0.6) is 5.75 Å². The van der Waals surface area contributed by atoms with Crippen molar-refractivity contribution in [3.63, 3.8) is 0 Å². The molecule has 2 aromatic carbocycles. The number of rotatable bonds is 6. The lowest BCUT2D eigenvalue weighted by Crippen LogP contribution is -2.36. The van der Waals surface area contributed by atoms with E-state index in [2.05, 4.69) is 4.98 Å². The minimum Gasteiger partial charge on any atom is -0.497 e. The maximum atomic E-state index is 12.7. The van der Waals surface area contributed by atoms with Crippen molar-refractivity contribution in [2.75, 3.05) is 26.0 Å². The zero-order valence-corrected chi connectivity index (χ0v) is 16.7. The molecule has 28 heavy (non-hydrogen) atoms. The summed E-state index contributed by atoms with van der Waals surface area (Å²) >= 11 is 0. The van der Waals surface area contributed by atoms with Gasteiger partial charge in [0.2, 0.25) is 10.0 Å². The molecule has 0 radical (unpaired) electrons. The normalized spacial score (nSPS) is 15.5. The van der Waals surface area contributed by atoms with Crippen LogP contribution in [-0.4, -0.2) is 43.7 Å². The lowest BCUT2D eigenvalue weighted by molar-refractivity contribution is 0.415. The number of nitrogens with one attached hydrogen (secondary N) is 1. The Labute approximate surface area is 165 Å². The standard InChI is InChI=1S/C22H24N2O3S/c1-27-19-7-8-22-20(15-19)21(16-23-22)18-9-12-24(13-10-18)28(25,26)14-11-17-5-3-2-4-6-17/h2-9,15-16,23H,10-14H2,1H3. The molecule has 1 aliphatic heterocycles. The van der Waals surface area contributed by atoms with Gasteiger partial charge in [0.05, 0.1) is 12.9 Å². The number of ether oxygens (including phenoxy) is 1. The molecule has 0 aliphatic carbocycles. The Morgan fingerprint density at radius 2 is 1.96 bits per heavy atom. The Bertz CT molecular complexity index is 1100. The van der Waals surface area contributed by atoms with Crippen LogP contribution in [0.15, 0.2) is 60.8 Å². The van der Waals surface area contributed by atoms with Gasteiger partial charge in [-0.1, -0.05) is 36.4 Å². The van der Waals surface area contributed by atoms with E-state index in [1.165, 1.54) is 5.57 Å². The highest BCUT2D eigenvalue weighted by molar-refractivity contribution is 7.89. The van der Waals surface area contributed by atoms with Gasteiger partial charge in [-0.2, -0.15) is 4.31 Å². The highest BCUT2D eigenvalue weighted by Crippen LogP contribution is 2.32. The van der Waals surface area contributed by atoms with Crippen LogP contribution >= 0.6 is 0 Å². The number of hydrogen-bond donors (Lipinski definition) is 1. The first-order valence-electron chi connectivity index (χ1n) is 9.43. The van der Waals surface area contributed by atoms with Crippen LogP contribution in [0.1, 0.15) is 17.5 Å². The molecule has 0 amide bonds. The first kappa shape index (κ1) is 18.8. The zero-order chi connectivity index (χ0) is 19.6. The van der Waals surface area contributed by atoms with Gasteiger partial charge >= 0.3 is 0 Å². The molecule has 0 unspecified atom stereocenters. The van der Waals surface area contributed by atoms with E-state index < -0.39 is 10.0 Å². The number of nitrogens with zero attached hydrogens (tertiary/aromatic N) is 1. The van der Waals surface area contributed by atoms with Gasteiger partial charge in [0.1, 0.15) is 5.75 Å². The third-order valence-electron chi connectivity index (χ3n) is 5.29. The molecule has 4 rings (SSSR count). The van der Waals surface area contributed by atoms with Crippen LogP contribution in [0.25, 0.3) is 16.5 Å². The molecule has 3 aromatic rings. The number of fused-ring (bicyclic) bond motifs is 1. The van der Waals surface area contributed by atoms with Crippen molar-refractivity contribution in [3.8, 4) is 5.75 Å². The number of benzene rings is 2. The largest absolute Gasteiger partial charge is 0.497 e. The maximum absolute atomic E-state index is 12.7. The maximum Gasteiger partial charge on any atom is 0.214 e. The fourth-order valence-electron chi connectivity index (χ4n) is 3.66. The Morgan fingerprint density at radius 1 is 1.14 bits per heavy atom. The molecule has 2 heterocycles. The molecule has 0 spiro atoms. The van der Waals surface area contributed by atoms with Gasteiger partial charge in [-0.05, 0) is 42.2 Å². The second-order valence-corrected chi connectivity index (χ2v) is 9.09. The number of aromatic nitrogens is 1. The SMILES string of the molecule is COc1ccc2[nH]cc(C3=CCN(S(=O)(=O)CCc4ccccc4)CC3)c2c1. The first-order chi connectivity index (χ1) is 13.6. The second-order valence-electron chi connectivity index (χ2n) is 7.00. The molecule has 0 saturated carbocycles. The molecular weight excluding hydrogens is 372 g/mol. The first-order valence-corrected chi connectivity index (χ1v) is 11.0. The molecule has 0 saturated heterocycles. The van der Waals surface area contributed by atoms with Gasteiger partial charge in [0.25, 0.3) is 0 Å². The van der Waals surface area contributed by atoms with Gasteiger partial charge < -0.3 is 9.72 Å². The van der Waals surface area contributed by atoms with E-state index in [0.29, 0.717) is 25.9 Å². The summed E-state index contributed by atoms with van der Waals surface area (Å²) in [5, 5.41) is 1.10. The average molecular weight is 397 g/mol. The predicted octanol–water partition coefficient (Wildman–Crippen LogP) is 3.84. The van der Waals surface area contributed by atoms with Crippen LogP contribution in [0.2, 0.25) is 0 Å². The Hall–Kier alpha value is -2.57. The molecule has 5 nitrogen and oxygen atoms in total. The van der Waals surface area contributed by atoms with Gasteiger partial charge in [0.15, 0.2) is 0 Å². The number of aromatic amines is 1. The van der Waals surface area contributed by atoms with E-state index in [-0.39, 0.29) is 5.75 Å². The average Bonchev–Trinajstić information content (AvgIpc) is 3.16. The summed E-state index contributed by atoms with van der Waals surface area (Å²) in [5.74, 6) is 0.958. The molecule has 146 valence electrons. The number of H-pyrrole nitrogens is 1. The summed E-state index contributed by atoms with van der Waals surface area (Å²) in [6.45, 7) is 0.933. The molecule has 1 aliphatic rings. The topological polar surface area (TPSA) is 62.4 Å². The number of sulfonamides is 1. The van der Waals surface area contributed by atoms with E-state index in [1.807, 2.05) is 60.8 Å². The highest BCUT2D eigenvalue weighted by Gasteiger charge is 2.25. The van der Waals surface area contributed by atoms with Gasteiger partial charge in [0, 0.05) is 35.8 Å². The Balaban J connectivity index is 1.48. The lowest BCUT2D eigenvalue weighted by Gasteiger charge is -2.26. The van der Waals surface area contributed by atoms with E-state index in [4.69, 9.17) is 4.74 Å². The summed E-state index contributed by atoms with van der Waals surface area (Å²) in [6, 6.07) is 15.7. The number of hydrogen-bond acceptors (Lipinski definition) is 3. The third-order valence-corrected chi connectivity index (χ3v) is 7.13. The van der Waals surface area contributed by atoms with Crippen molar-refractivity contribution in [1.29, 1.82) is 0 Å². The molecular formula is C22H24N2O3S. The van der Waals surface area contributed by atoms with Crippen molar-refractivity contribution in [2.24, 2.45) is 0 Å². The Morgan fingerprint density at radius 3 is 2.68 bits per heavy atom. The molecule has 0 bridgehead atoms. The predicted molar refractivity (Wildman–Crippen MR) is 113 cm³/mol. The van der Waals surface area contributed by atoms with Crippen molar-refractivity contribution >= 4 is 26.5 Å². The molecule has 6 heteroatoms. The molecule has 0 atom stereocenters. The fourth-order valence-corrected chi connectivity index (χ4v) is 5.08. The van der Waals surface area contributed by atoms with Gasteiger partial charge in [-0.15, -0.1) is 0 Å². The summed E-state index contributed by atoms with van der Waals surface area (Å²) in [4.78, 5) is 3.29. The molecule has 1 N–H and O–H groups in total. The second kappa shape index (κ2) is 7.81. The summed E-state index contributed by atoms with van der Waals surface area (Å²) in [6.07, 6.45) is 5.27. The molecule has 0 fully saturated rings. The third kappa shape index (κ3) is 3.84. The van der Waals surface area contributed by atoms with Crippen molar-refractivity contribution in [2.45, 2.75) is 12.8 Å². The van der Waals surface area contributed by atoms with Gasteiger partial charge in [-0.3, -0.25) is 0 Å². The van der Waals surface area contributed by atoms with Crippen molar-refractivity contribution in [1.82, 2.24) is 9.29 Å². The van der Waals surface area contributed by atoms with Crippen LogP contribution < -0.4 is 4.74 Å². The van der Waals surface area contributed by atoms with E-state index in [9.17, 15) is 8.42 Å². The highest BCUT2D eigenvalue weighted by atomic mass is 32.2. The van der Waals surface area contributed by atoms with E-state index in [1.54, 1.807) is 11.4 Å². The summed E-state index contributed by atoms with van der Waals surface area (Å²) < 4.78 is 32.4. The lowest BCUT2D eigenvalue weighted by atomic mass is 9.99. The summed E-state index contributed by atoms with van der Waals surface area (Å²) in [5.41, 5.74) is 4.39. The smallest absolute Gasteiger partial charge is 0.214 e. The van der Waals surface area contributed by atoms with Crippen LogP contribution in [0.3, 0.4) is 0 Å². The Kier molecular flexibility index (Phi) is 5.24. The van der Waals surface area contributed by atoms with Crippen LogP contribution in [0.4, 0.5) is 0 Å². The number of aryl methyl sites for hydroxylation is 1. The number of methoxy groups -OCH3 is 1. The minimum absolute atomic E-state index is 0.143.